The van der Waals surface area contributed by atoms with Gasteiger partial charge in [-0.3, -0.25) is 14.4 Å². The van der Waals surface area contributed by atoms with Crippen LogP contribution in [0, 0.1) is 11.7 Å². The molecule has 0 radical (unpaired) electrons. The number of carbonyl (C=O) groups excluding carboxylic acids is 3. The molecule has 0 aromatic heterocycles. The maximum absolute atomic E-state index is 13.6. The molecule has 4 aromatic carbocycles. The molecule has 4 aromatic rings. The van der Waals surface area contributed by atoms with E-state index in [2.05, 4.69) is 10.0 Å². The Balaban J connectivity index is 1.54. The molecule has 0 aliphatic heterocycles. The molecule has 0 aliphatic rings. The summed E-state index contributed by atoms with van der Waals surface area (Å²) in [7, 11) is -4.27. The Kier molecular flexibility index (Phi) is 9.21. The number of nitrogen functional groups attached to an aromatic ring is 1. The summed E-state index contributed by atoms with van der Waals surface area (Å²) in [5.41, 5.74) is 6.82. The zero-order chi connectivity index (χ0) is 30.4. The van der Waals surface area contributed by atoms with Crippen molar-refractivity contribution in [2.24, 2.45) is 5.92 Å². The molecule has 4 rings (SSSR count). The van der Waals surface area contributed by atoms with Crippen LogP contribution in [-0.4, -0.2) is 44.1 Å². The van der Waals surface area contributed by atoms with Crippen LogP contribution in [0.2, 0.25) is 0 Å². The molecule has 9 nitrogen and oxygen atoms in total. The quantitative estimate of drug-likeness (QED) is 0.186. The highest BCUT2D eigenvalue weighted by molar-refractivity contribution is 7.90. The lowest BCUT2D eigenvalue weighted by atomic mass is 9.97. The van der Waals surface area contributed by atoms with Gasteiger partial charge in [0.05, 0.1) is 10.5 Å². The fourth-order valence-electron chi connectivity index (χ4n) is 4.53. The third-order valence-electron chi connectivity index (χ3n) is 6.87. The van der Waals surface area contributed by atoms with E-state index in [0.717, 1.165) is 17.5 Å². The molecule has 4 N–H and O–H groups in total. The summed E-state index contributed by atoms with van der Waals surface area (Å²) in [6.45, 7) is 4.21. The molecule has 0 saturated carbocycles. The summed E-state index contributed by atoms with van der Waals surface area (Å²) in [5.74, 6) is -3.99. The summed E-state index contributed by atoms with van der Waals surface area (Å²) in [6.07, 6.45) is -0.0839. The third-order valence-corrected chi connectivity index (χ3v) is 8.21. The van der Waals surface area contributed by atoms with E-state index in [1.54, 1.807) is 56.3 Å². The smallest absolute Gasteiger partial charge is 0.264 e. The molecule has 0 spiro atoms. The lowest BCUT2D eigenvalue weighted by Gasteiger charge is -2.25. The van der Waals surface area contributed by atoms with Crippen molar-refractivity contribution in [3.8, 4) is 0 Å². The van der Waals surface area contributed by atoms with E-state index >= 15 is 0 Å². The summed E-state index contributed by atoms with van der Waals surface area (Å²) < 4.78 is 42.0. The van der Waals surface area contributed by atoms with E-state index < -0.39 is 39.5 Å². The van der Waals surface area contributed by atoms with Gasteiger partial charge < -0.3 is 16.0 Å². The number of halogens is 1. The number of fused-ring (bicyclic) bond motifs is 1. The monoisotopic (exact) mass is 590 g/mol. The molecule has 42 heavy (non-hydrogen) atoms. The van der Waals surface area contributed by atoms with E-state index in [0.29, 0.717) is 29.7 Å². The SMILES string of the molecule is CCN(CC)C(=O)[C@H](Cc1ccc(NC(=O)c2cc(F)ccc2N)cc1)C(=O)NS(=O)(=O)c1ccc2ccccc2c1. The molecule has 0 bridgehead atoms. The van der Waals surface area contributed by atoms with E-state index in [1.807, 2.05) is 12.1 Å². The lowest BCUT2D eigenvalue weighted by Crippen LogP contribution is -2.46. The molecule has 11 heteroatoms. The van der Waals surface area contributed by atoms with Crippen LogP contribution in [0.5, 0.6) is 0 Å². The third kappa shape index (κ3) is 6.92. The van der Waals surface area contributed by atoms with Crippen LogP contribution in [-0.2, 0) is 26.0 Å². The highest BCUT2D eigenvalue weighted by atomic mass is 32.2. The van der Waals surface area contributed by atoms with Crippen LogP contribution >= 0.6 is 0 Å². The standard InChI is InChI=1S/C31H31FN4O5S/c1-3-36(4-2)31(39)27(30(38)35-42(40,41)25-15-11-21-7-5-6-8-22(21)18-25)17-20-9-13-24(14-10-20)34-29(37)26-19-23(32)12-16-28(26)33/h5-16,18-19,27H,3-4,17,33H2,1-2H3,(H,34,37)(H,35,38)/t27-/m1/s1. The van der Waals surface area contributed by atoms with Gasteiger partial charge >= 0.3 is 0 Å². The zero-order valence-electron chi connectivity index (χ0n) is 23.1. The molecule has 0 unspecified atom stereocenters. The number of sulfonamides is 1. The Morgan fingerprint density at radius 1 is 0.881 bits per heavy atom. The Bertz CT molecular complexity index is 1740. The van der Waals surface area contributed by atoms with Crippen LogP contribution < -0.4 is 15.8 Å². The largest absolute Gasteiger partial charge is 0.398 e. The van der Waals surface area contributed by atoms with E-state index in [4.69, 9.17) is 5.73 Å². The minimum absolute atomic E-state index is 0.0201. The second-order valence-electron chi connectivity index (χ2n) is 9.63. The van der Waals surface area contributed by atoms with Gasteiger partial charge in [-0.2, -0.15) is 0 Å². The van der Waals surface area contributed by atoms with Crippen molar-refractivity contribution in [2.45, 2.75) is 25.2 Å². The molecular formula is C31H31FN4O5S. The van der Waals surface area contributed by atoms with Crippen molar-refractivity contribution in [2.75, 3.05) is 24.1 Å². The fourth-order valence-corrected chi connectivity index (χ4v) is 5.58. The van der Waals surface area contributed by atoms with Gasteiger partial charge in [0.25, 0.3) is 15.9 Å². The number of anilines is 2. The summed E-state index contributed by atoms with van der Waals surface area (Å²) in [6, 6.07) is 21.6. The summed E-state index contributed by atoms with van der Waals surface area (Å²) >= 11 is 0. The minimum Gasteiger partial charge on any atom is -0.398 e. The van der Waals surface area contributed by atoms with Gasteiger partial charge in [-0.1, -0.05) is 42.5 Å². The highest BCUT2D eigenvalue weighted by Gasteiger charge is 2.33. The van der Waals surface area contributed by atoms with Gasteiger partial charge in [0.15, 0.2) is 0 Å². The van der Waals surface area contributed by atoms with Gasteiger partial charge in [-0.15, -0.1) is 0 Å². The average molecular weight is 591 g/mol. The minimum atomic E-state index is -4.27. The number of nitrogens with zero attached hydrogens (tertiary/aromatic N) is 1. The Labute approximate surface area is 243 Å². The van der Waals surface area contributed by atoms with Gasteiger partial charge in [-0.05, 0) is 79.1 Å². The maximum Gasteiger partial charge on any atom is 0.264 e. The van der Waals surface area contributed by atoms with Crippen molar-refractivity contribution in [3.63, 3.8) is 0 Å². The topological polar surface area (TPSA) is 139 Å². The predicted octanol–water partition coefficient (Wildman–Crippen LogP) is 4.35. The van der Waals surface area contributed by atoms with Crippen LogP contribution in [0.4, 0.5) is 15.8 Å². The molecule has 1 atom stereocenters. The number of rotatable bonds is 10. The number of hydrogen-bond donors (Lipinski definition) is 3. The van der Waals surface area contributed by atoms with Crippen LogP contribution in [0.3, 0.4) is 0 Å². The number of nitrogens with two attached hydrogens (primary N) is 1. The van der Waals surface area contributed by atoms with E-state index in [9.17, 15) is 27.2 Å². The first-order valence-corrected chi connectivity index (χ1v) is 14.8. The van der Waals surface area contributed by atoms with Gasteiger partial charge in [-0.25, -0.2) is 17.5 Å². The zero-order valence-corrected chi connectivity index (χ0v) is 24.0. The number of benzene rings is 4. The summed E-state index contributed by atoms with van der Waals surface area (Å²) in [4.78, 5) is 40.7. The molecule has 3 amide bonds. The van der Waals surface area contributed by atoms with E-state index in [1.165, 1.54) is 23.1 Å². The van der Waals surface area contributed by atoms with Crippen molar-refractivity contribution < 1.29 is 27.2 Å². The van der Waals surface area contributed by atoms with Crippen molar-refractivity contribution >= 4 is 49.9 Å². The highest BCUT2D eigenvalue weighted by Crippen LogP contribution is 2.22. The number of nitrogens with one attached hydrogen (secondary N) is 2. The second kappa shape index (κ2) is 12.8. The van der Waals surface area contributed by atoms with Crippen LogP contribution in [0.1, 0.15) is 29.8 Å². The first kappa shape index (κ1) is 30.2. The molecule has 0 aliphatic carbocycles. The second-order valence-corrected chi connectivity index (χ2v) is 11.3. The van der Waals surface area contributed by atoms with E-state index in [-0.39, 0.29) is 22.6 Å². The van der Waals surface area contributed by atoms with Crippen molar-refractivity contribution in [3.05, 3.63) is 102 Å². The van der Waals surface area contributed by atoms with Gasteiger partial charge in [0.2, 0.25) is 11.8 Å². The lowest BCUT2D eigenvalue weighted by molar-refractivity contribution is -0.141. The maximum atomic E-state index is 13.6. The predicted molar refractivity (Wildman–Crippen MR) is 160 cm³/mol. The first-order valence-electron chi connectivity index (χ1n) is 13.3. The molecule has 0 heterocycles. The van der Waals surface area contributed by atoms with Crippen molar-refractivity contribution in [1.29, 1.82) is 0 Å². The first-order chi connectivity index (χ1) is 20.0. The van der Waals surface area contributed by atoms with Gasteiger partial charge in [0.1, 0.15) is 11.7 Å². The fraction of sp³-hybridized carbons (Fsp3) is 0.194. The molecular weight excluding hydrogens is 559 g/mol. The van der Waals surface area contributed by atoms with Crippen LogP contribution in [0.25, 0.3) is 10.8 Å². The van der Waals surface area contributed by atoms with Gasteiger partial charge in [0, 0.05) is 24.5 Å². The normalized spacial score (nSPS) is 12.0. The number of amides is 3. The van der Waals surface area contributed by atoms with Crippen molar-refractivity contribution in [1.82, 2.24) is 9.62 Å². The summed E-state index contributed by atoms with van der Waals surface area (Å²) in [5, 5.41) is 4.17. The Morgan fingerprint density at radius 2 is 1.55 bits per heavy atom. The molecule has 218 valence electrons. The molecule has 0 fully saturated rings. The number of carbonyl (C=O) groups is 3. The Hall–Kier alpha value is -4.77. The van der Waals surface area contributed by atoms with Crippen LogP contribution in [0.15, 0.2) is 89.8 Å². The molecule has 0 saturated heterocycles. The Morgan fingerprint density at radius 3 is 2.21 bits per heavy atom. The number of hydrogen-bond acceptors (Lipinski definition) is 6. The average Bonchev–Trinajstić information content (AvgIpc) is 2.97.